The highest BCUT2D eigenvalue weighted by atomic mass is 19.1. The van der Waals surface area contributed by atoms with Crippen molar-refractivity contribution in [3.05, 3.63) is 29.8 Å². The molecular formula is C16H22FN3O. The van der Waals surface area contributed by atoms with E-state index < -0.39 is 0 Å². The van der Waals surface area contributed by atoms with Crippen LogP contribution in [-0.4, -0.2) is 33.3 Å². The zero-order valence-corrected chi connectivity index (χ0v) is 12.3. The van der Waals surface area contributed by atoms with Gasteiger partial charge in [0, 0.05) is 18.2 Å². The summed E-state index contributed by atoms with van der Waals surface area (Å²) in [6.45, 7) is 3.60. The van der Waals surface area contributed by atoms with Crippen LogP contribution in [0.15, 0.2) is 18.5 Å². The second-order valence-corrected chi connectivity index (χ2v) is 5.89. The summed E-state index contributed by atoms with van der Waals surface area (Å²) in [5.74, 6) is -0.206. The summed E-state index contributed by atoms with van der Waals surface area (Å²) in [4.78, 5) is 4.32. The molecule has 114 valence electrons. The zero-order chi connectivity index (χ0) is 14.8. The number of aliphatic hydroxyl groups excluding tert-OH is 1. The number of hydrogen-bond donors (Lipinski definition) is 2. The molecule has 0 saturated carbocycles. The van der Waals surface area contributed by atoms with E-state index in [9.17, 15) is 9.50 Å². The summed E-state index contributed by atoms with van der Waals surface area (Å²) in [7, 11) is 0. The number of rotatable bonds is 4. The molecule has 21 heavy (non-hydrogen) atoms. The maximum atomic E-state index is 13.5. The highest BCUT2D eigenvalue weighted by molar-refractivity contribution is 5.78. The molecule has 2 heterocycles. The number of nitrogens with one attached hydrogen (secondary N) is 1. The van der Waals surface area contributed by atoms with Crippen molar-refractivity contribution in [3.8, 4) is 0 Å². The Morgan fingerprint density at radius 2 is 2.33 bits per heavy atom. The maximum absolute atomic E-state index is 13.5. The minimum atomic E-state index is -0.227. The standard InChI is InChI=1S/C16H22FN3O/c1-11-12(17)6-7-14-16(11)19-10-20(14)9-3-4-13-15(21)5-2-8-18-13/h6-7,10,13,15,18,21H,2-5,8-9H2,1H3/t13-,15+/m1/s1. The molecule has 1 aliphatic rings. The lowest BCUT2D eigenvalue weighted by Crippen LogP contribution is -2.44. The van der Waals surface area contributed by atoms with Crippen LogP contribution < -0.4 is 5.32 Å². The van der Waals surface area contributed by atoms with Gasteiger partial charge in [0.15, 0.2) is 0 Å². The highest BCUT2D eigenvalue weighted by Gasteiger charge is 2.21. The molecule has 2 aromatic rings. The lowest BCUT2D eigenvalue weighted by molar-refractivity contribution is 0.0909. The van der Waals surface area contributed by atoms with Crippen LogP contribution in [0.4, 0.5) is 4.39 Å². The van der Waals surface area contributed by atoms with Gasteiger partial charge in [0.25, 0.3) is 0 Å². The van der Waals surface area contributed by atoms with E-state index in [0.29, 0.717) is 5.56 Å². The van der Waals surface area contributed by atoms with Gasteiger partial charge in [0.2, 0.25) is 0 Å². The highest BCUT2D eigenvalue weighted by Crippen LogP contribution is 2.20. The summed E-state index contributed by atoms with van der Waals surface area (Å²) in [6.07, 6.45) is 5.41. The minimum Gasteiger partial charge on any atom is -0.392 e. The van der Waals surface area contributed by atoms with Crippen molar-refractivity contribution in [2.24, 2.45) is 0 Å². The molecule has 0 aliphatic carbocycles. The van der Waals surface area contributed by atoms with Crippen molar-refractivity contribution >= 4 is 11.0 Å². The molecule has 0 spiro atoms. The largest absolute Gasteiger partial charge is 0.392 e. The molecule has 1 aromatic carbocycles. The average molecular weight is 291 g/mol. The molecule has 1 aliphatic heterocycles. The van der Waals surface area contributed by atoms with Crippen LogP contribution in [-0.2, 0) is 6.54 Å². The van der Waals surface area contributed by atoms with E-state index in [0.717, 1.165) is 49.8 Å². The monoisotopic (exact) mass is 291 g/mol. The lowest BCUT2D eigenvalue weighted by Gasteiger charge is -2.29. The van der Waals surface area contributed by atoms with Crippen LogP contribution in [0.3, 0.4) is 0 Å². The number of fused-ring (bicyclic) bond motifs is 1. The third kappa shape index (κ3) is 2.94. The van der Waals surface area contributed by atoms with Gasteiger partial charge in [-0.3, -0.25) is 0 Å². The second-order valence-electron chi connectivity index (χ2n) is 5.89. The van der Waals surface area contributed by atoms with Gasteiger partial charge >= 0.3 is 0 Å². The fourth-order valence-electron chi connectivity index (χ4n) is 3.14. The predicted molar refractivity (Wildman–Crippen MR) is 80.7 cm³/mol. The first-order valence-electron chi connectivity index (χ1n) is 7.68. The zero-order valence-electron chi connectivity index (χ0n) is 12.3. The van der Waals surface area contributed by atoms with E-state index in [-0.39, 0.29) is 18.0 Å². The molecule has 0 unspecified atom stereocenters. The fourth-order valence-corrected chi connectivity index (χ4v) is 3.14. The summed E-state index contributed by atoms with van der Waals surface area (Å²) in [5.41, 5.74) is 2.33. The molecule has 3 rings (SSSR count). The SMILES string of the molecule is Cc1c(F)ccc2c1ncn2CCC[C@H]1NCCC[C@@H]1O. The number of aryl methyl sites for hydroxylation is 2. The number of benzene rings is 1. The quantitative estimate of drug-likeness (QED) is 0.909. The molecule has 1 aromatic heterocycles. The topological polar surface area (TPSA) is 50.1 Å². The van der Waals surface area contributed by atoms with Crippen molar-refractivity contribution in [3.63, 3.8) is 0 Å². The molecule has 5 heteroatoms. The van der Waals surface area contributed by atoms with Gasteiger partial charge in [-0.1, -0.05) is 0 Å². The van der Waals surface area contributed by atoms with Crippen LogP contribution in [0.25, 0.3) is 11.0 Å². The van der Waals surface area contributed by atoms with Crippen LogP contribution in [0.2, 0.25) is 0 Å². The van der Waals surface area contributed by atoms with E-state index >= 15 is 0 Å². The Morgan fingerprint density at radius 1 is 1.48 bits per heavy atom. The molecule has 0 bridgehead atoms. The first kappa shape index (κ1) is 14.5. The molecular weight excluding hydrogens is 269 g/mol. The van der Waals surface area contributed by atoms with Crippen LogP contribution >= 0.6 is 0 Å². The summed E-state index contributed by atoms with van der Waals surface area (Å²) >= 11 is 0. The summed E-state index contributed by atoms with van der Waals surface area (Å²) in [6, 6.07) is 3.49. The first-order valence-corrected chi connectivity index (χ1v) is 7.68. The Balaban J connectivity index is 1.64. The Kier molecular flexibility index (Phi) is 4.22. The van der Waals surface area contributed by atoms with Gasteiger partial charge in [-0.05, 0) is 51.3 Å². The number of nitrogens with zero attached hydrogens (tertiary/aromatic N) is 2. The van der Waals surface area contributed by atoms with Crippen LogP contribution in [0.1, 0.15) is 31.2 Å². The molecule has 2 atom stereocenters. The van der Waals surface area contributed by atoms with E-state index in [1.807, 2.05) is 0 Å². The van der Waals surface area contributed by atoms with Gasteiger partial charge in [0.05, 0.1) is 23.5 Å². The average Bonchev–Trinajstić information content (AvgIpc) is 2.89. The Hall–Kier alpha value is -1.46. The number of aliphatic hydroxyl groups is 1. The van der Waals surface area contributed by atoms with E-state index in [4.69, 9.17) is 0 Å². The number of hydrogen-bond acceptors (Lipinski definition) is 3. The second kappa shape index (κ2) is 6.12. The fraction of sp³-hybridized carbons (Fsp3) is 0.562. The number of halogens is 1. The predicted octanol–water partition coefficient (Wildman–Crippen LogP) is 2.38. The van der Waals surface area contributed by atoms with Crippen LogP contribution in [0, 0.1) is 12.7 Å². The minimum absolute atomic E-state index is 0.202. The number of piperidine rings is 1. The summed E-state index contributed by atoms with van der Waals surface area (Å²) < 4.78 is 15.6. The molecule has 0 amide bonds. The summed E-state index contributed by atoms with van der Waals surface area (Å²) in [5, 5.41) is 13.3. The van der Waals surface area contributed by atoms with Crippen molar-refractivity contribution in [1.29, 1.82) is 0 Å². The van der Waals surface area contributed by atoms with E-state index in [1.165, 1.54) is 6.07 Å². The first-order chi connectivity index (χ1) is 10.2. The molecule has 2 N–H and O–H groups in total. The third-order valence-corrected chi connectivity index (χ3v) is 4.44. The molecule has 1 saturated heterocycles. The molecule has 4 nitrogen and oxygen atoms in total. The number of aromatic nitrogens is 2. The van der Waals surface area contributed by atoms with Gasteiger partial charge in [-0.15, -0.1) is 0 Å². The van der Waals surface area contributed by atoms with Crippen molar-refractivity contribution < 1.29 is 9.50 Å². The van der Waals surface area contributed by atoms with Gasteiger partial charge in [-0.25, -0.2) is 9.37 Å². The normalized spacial score (nSPS) is 22.8. The third-order valence-electron chi connectivity index (χ3n) is 4.44. The Morgan fingerprint density at radius 3 is 3.14 bits per heavy atom. The van der Waals surface area contributed by atoms with Crippen molar-refractivity contribution in [2.75, 3.05) is 6.54 Å². The molecule has 0 radical (unpaired) electrons. The van der Waals surface area contributed by atoms with Crippen LogP contribution in [0.5, 0.6) is 0 Å². The van der Waals surface area contributed by atoms with Gasteiger partial charge < -0.3 is 15.0 Å². The Bertz CT molecular complexity index is 625. The Labute approximate surface area is 124 Å². The maximum Gasteiger partial charge on any atom is 0.128 e. The van der Waals surface area contributed by atoms with Crippen molar-refractivity contribution in [2.45, 2.75) is 51.3 Å². The smallest absolute Gasteiger partial charge is 0.128 e. The lowest BCUT2D eigenvalue weighted by atomic mass is 9.97. The molecule has 1 fully saturated rings. The van der Waals surface area contributed by atoms with Gasteiger partial charge in [-0.2, -0.15) is 0 Å². The van der Waals surface area contributed by atoms with E-state index in [2.05, 4.69) is 14.9 Å². The number of imidazole rings is 1. The van der Waals surface area contributed by atoms with E-state index in [1.54, 1.807) is 19.3 Å². The van der Waals surface area contributed by atoms with Gasteiger partial charge in [0.1, 0.15) is 5.82 Å². The van der Waals surface area contributed by atoms with Crippen molar-refractivity contribution in [1.82, 2.24) is 14.9 Å².